The van der Waals surface area contributed by atoms with E-state index in [0.29, 0.717) is 24.6 Å². The number of nitrogens with zero attached hydrogens (tertiary/aromatic N) is 1. The van der Waals surface area contributed by atoms with Gasteiger partial charge in [-0.05, 0) is 60.6 Å². The van der Waals surface area contributed by atoms with Gasteiger partial charge in [-0.15, -0.1) is 0 Å². The van der Waals surface area contributed by atoms with Gasteiger partial charge < -0.3 is 20.1 Å². The highest BCUT2D eigenvalue weighted by molar-refractivity contribution is 5.98. The van der Waals surface area contributed by atoms with Gasteiger partial charge in [-0.25, -0.2) is 4.79 Å². The Morgan fingerprint density at radius 3 is 2.71 bits per heavy atom. The molecule has 0 radical (unpaired) electrons. The maximum absolute atomic E-state index is 13.1. The van der Waals surface area contributed by atoms with Crippen molar-refractivity contribution in [1.82, 2.24) is 0 Å². The third-order valence-corrected chi connectivity index (χ3v) is 5.05. The second-order valence-corrected chi connectivity index (χ2v) is 7.34. The minimum atomic E-state index is -0.767. The van der Waals surface area contributed by atoms with Crippen LogP contribution >= 0.6 is 0 Å². The minimum Gasteiger partial charge on any atom is -0.437 e. The zero-order valence-corrected chi connectivity index (χ0v) is 16.5. The molecule has 2 N–H and O–H groups in total. The van der Waals surface area contributed by atoms with Crippen LogP contribution in [0, 0.1) is 12.8 Å². The van der Waals surface area contributed by atoms with Crippen LogP contribution in [0.2, 0.25) is 0 Å². The first kappa shape index (κ1) is 19.9. The summed E-state index contributed by atoms with van der Waals surface area (Å²) in [5.41, 5.74) is 10.3. The quantitative estimate of drug-likeness (QED) is 0.648. The Bertz CT molecular complexity index is 881. The predicted molar refractivity (Wildman–Crippen MR) is 108 cm³/mol. The van der Waals surface area contributed by atoms with Gasteiger partial charge in [0.2, 0.25) is 5.91 Å². The number of rotatable bonds is 4. The van der Waals surface area contributed by atoms with E-state index in [1.54, 1.807) is 12.1 Å². The number of ether oxygens (including phenoxy) is 2. The van der Waals surface area contributed by atoms with Gasteiger partial charge in [0.15, 0.2) is 0 Å². The molecule has 2 aromatic rings. The maximum atomic E-state index is 13.1. The lowest BCUT2D eigenvalue weighted by molar-refractivity contribution is -0.120. The third-order valence-electron chi connectivity index (χ3n) is 5.05. The molecule has 0 saturated carbocycles. The Morgan fingerprint density at radius 1 is 1.25 bits per heavy atom. The summed E-state index contributed by atoms with van der Waals surface area (Å²) in [5, 5.41) is 0. The summed E-state index contributed by atoms with van der Waals surface area (Å²) >= 11 is 0. The van der Waals surface area contributed by atoms with Crippen LogP contribution in [-0.4, -0.2) is 31.8 Å². The molecule has 0 saturated heterocycles. The van der Waals surface area contributed by atoms with Crippen molar-refractivity contribution in [3.63, 3.8) is 0 Å². The fourth-order valence-electron chi connectivity index (χ4n) is 3.63. The molecule has 0 spiro atoms. The van der Waals surface area contributed by atoms with Crippen molar-refractivity contribution in [1.29, 1.82) is 0 Å². The van der Waals surface area contributed by atoms with Crippen molar-refractivity contribution in [2.75, 3.05) is 18.6 Å². The average Bonchev–Trinajstić information content (AvgIpc) is 2.68. The lowest BCUT2D eigenvalue weighted by Gasteiger charge is -2.34. The molecular formula is C22H26N2O4. The normalized spacial score (nSPS) is 16.9. The molecule has 1 amide bonds. The summed E-state index contributed by atoms with van der Waals surface area (Å²) in [6.45, 7) is 4.72. The summed E-state index contributed by atoms with van der Waals surface area (Å²) in [6, 6.07) is 12.6. The van der Waals surface area contributed by atoms with Gasteiger partial charge in [0.05, 0.1) is 13.2 Å². The minimum absolute atomic E-state index is 0.0757. The smallest absolute Gasteiger partial charge is 0.437 e. The molecule has 2 atom stereocenters. The second-order valence-electron chi connectivity index (χ2n) is 7.34. The van der Waals surface area contributed by atoms with Crippen molar-refractivity contribution in [3.8, 4) is 5.75 Å². The van der Waals surface area contributed by atoms with Crippen molar-refractivity contribution < 1.29 is 19.1 Å². The molecule has 6 heteroatoms. The summed E-state index contributed by atoms with van der Waals surface area (Å²) in [5.74, 6) is 0.711. The molecule has 1 unspecified atom stereocenters. The highest BCUT2D eigenvalue weighted by Crippen LogP contribution is 2.30. The fraction of sp³-hybridized carbons (Fsp3) is 0.364. The molecule has 0 aromatic heterocycles. The molecule has 1 heterocycles. The Kier molecular flexibility index (Phi) is 5.99. The van der Waals surface area contributed by atoms with Crippen molar-refractivity contribution in [2.24, 2.45) is 11.7 Å². The van der Waals surface area contributed by atoms with Crippen LogP contribution in [0.1, 0.15) is 23.6 Å². The monoisotopic (exact) mass is 382 g/mol. The number of carbonyl (C=O) groups excluding carboxylic acids is 2. The highest BCUT2D eigenvalue weighted by Gasteiger charge is 2.29. The number of para-hydroxylation sites is 1. The molecule has 0 fully saturated rings. The number of anilines is 1. The van der Waals surface area contributed by atoms with Gasteiger partial charge in [-0.3, -0.25) is 4.79 Å². The zero-order valence-electron chi connectivity index (χ0n) is 16.5. The van der Waals surface area contributed by atoms with Crippen LogP contribution in [0.25, 0.3) is 0 Å². The van der Waals surface area contributed by atoms with Crippen molar-refractivity contribution in [3.05, 3.63) is 59.2 Å². The number of hydrogen-bond acceptors (Lipinski definition) is 5. The first-order valence-corrected chi connectivity index (χ1v) is 9.39. The zero-order chi connectivity index (χ0) is 20.3. The Morgan fingerprint density at radius 2 is 2.00 bits per heavy atom. The number of hydrogen-bond donors (Lipinski definition) is 1. The first-order chi connectivity index (χ1) is 13.4. The average molecular weight is 382 g/mol. The van der Waals surface area contributed by atoms with E-state index in [-0.39, 0.29) is 5.91 Å². The Hall–Kier alpha value is -2.86. The van der Waals surface area contributed by atoms with Crippen LogP contribution in [0.3, 0.4) is 0 Å². The van der Waals surface area contributed by atoms with Gasteiger partial charge in [0, 0.05) is 12.2 Å². The van der Waals surface area contributed by atoms with Crippen LogP contribution in [0.15, 0.2) is 42.5 Å². The predicted octanol–water partition coefficient (Wildman–Crippen LogP) is 3.24. The van der Waals surface area contributed by atoms with Crippen molar-refractivity contribution in [2.45, 2.75) is 32.7 Å². The number of benzene rings is 2. The molecule has 1 aliphatic rings. The van der Waals surface area contributed by atoms with Gasteiger partial charge in [-0.2, -0.15) is 0 Å². The lowest BCUT2D eigenvalue weighted by atomic mass is 9.92. The van der Waals surface area contributed by atoms with Crippen LogP contribution < -0.4 is 15.4 Å². The Balaban J connectivity index is 1.74. The van der Waals surface area contributed by atoms with Crippen LogP contribution in [0.4, 0.5) is 10.5 Å². The van der Waals surface area contributed by atoms with E-state index < -0.39 is 12.2 Å². The van der Waals surface area contributed by atoms with Gasteiger partial charge >= 0.3 is 6.16 Å². The Labute approximate surface area is 165 Å². The number of methoxy groups -OCH3 is 1. The number of nitrogens with two attached hydrogens (primary N) is 1. The standard InChI is InChI=1S/C22H26N2O4/c1-14-10-17-6-4-5-7-20(17)24(13-14)21(25)19(23)12-16-8-9-18(11-15(16)2)28-22(26)27-3/h4-9,11,14,19H,10,12-13,23H2,1-3H3/t14?,19-/m0/s1. The number of fused-ring (bicyclic) bond motifs is 1. The molecule has 1 aliphatic heterocycles. The van der Waals surface area contributed by atoms with Gasteiger partial charge in [0.1, 0.15) is 5.75 Å². The molecular weight excluding hydrogens is 356 g/mol. The molecule has 3 rings (SSSR count). The van der Waals surface area contributed by atoms with E-state index in [0.717, 1.165) is 23.2 Å². The van der Waals surface area contributed by atoms with E-state index in [1.165, 1.54) is 12.7 Å². The SMILES string of the molecule is COC(=O)Oc1ccc(C[C@H](N)C(=O)N2CC(C)Cc3ccccc32)c(C)c1. The van der Waals surface area contributed by atoms with E-state index in [1.807, 2.05) is 36.1 Å². The van der Waals surface area contributed by atoms with Crippen molar-refractivity contribution >= 4 is 17.7 Å². The number of carbonyl (C=O) groups is 2. The van der Waals surface area contributed by atoms with Gasteiger partial charge in [-0.1, -0.05) is 31.2 Å². The first-order valence-electron chi connectivity index (χ1n) is 9.39. The topological polar surface area (TPSA) is 81.9 Å². The van der Waals surface area contributed by atoms with E-state index in [4.69, 9.17) is 10.5 Å². The maximum Gasteiger partial charge on any atom is 0.513 e. The largest absolute Gasteiger partial charge is 0.513 e. The van der Waals surface area contributed by atoms with Crippen LogP contribution in [0.5, 0.6) is 5.75 Å². The van der Waals surface area contributed by atoms with Gasteiger partial charge in [0.25, 0.3) is 0 Å². The van der Waals surface area contributed by atoms with E-state index in [2.05, 4.69) is 17.7 Å². The summed E-state index contributed by atoms with van der Waals surface area (Å²) in [4.78, 5) is 26.1. The van der Waals surface area contributed by atoms with E-state index in [9.17, 15) is 9.59 Å². The summed E-state index contributed by atoms with van der Waals surface area (Å²) in [6.07, 6.45) is 0.614. The molecule has 0 aliphatic carbocycles. The number of amides is 1. The molecule has 2 aromatic carbocycles. The highest BCUT2D eigenvalue weighted by atomic mass is 16.7. The van der Waals surface area contributed by atoms with E-state index >= 15 is 0 Å². The molecule has 0 bridgehead atoms. The van der Waals surface area contributed by atoms with Crippen LogP contribution in [-0.2, 0) is 22.4 Å². The second kappa shape index (κ2) is 8.44. The molecule has 6 nitrogen and oxygen atoms in total. The molecule has 28 heavy (non-hydrogen) atoms. The summed E-state index contributed by atoms with van der Waals surface area (Å²) < 4.78 is 9.52. The summed E-state index contributed by atoms with van der Waals surface area (Å²) in [7, 11) is 1.26. The third kappa shape index (κ3) is 4.34. The molecule has 148 valence electrons. The number of aryl methyl sites for hydroxylation is 1. The fourth-order valence-corrected chi connectivity index (χ4v) is 3.63. The lowest BCUT2D eigenvalue weighted by Crippen LogP contribution is -2.48.